The number of aromatic amines is 1. The first-order valence-electron chi connectivity index (χ1n) is 10.8. The predicted octanol–water partition coefficient (Wildman–Crippen LogP) is 5.94. The van der Waals surface area contributed by atoms with E-state index in [0.29, 0.717) is 0 Å². The highest BCUT2D eigenvalue weighted by atomic mass is 16.1. The van der Waals surface area contributed by atoms with Crippen LogP contribution in [0.2, 0.25) is 0 Å². The number of allylic oxidation sites excluding steroid dienone is 7. The van der Waals surface area contributed by atoms with E-state index in [1.807, 2.05) is 60.9 Å². The second-order valence-electron chi connectivity index (χ2n) is 8.14. The molecule has 2 aliphatic carbocycles. The standard InChI is InChI=1S/C28H28N2O/c1-3-24-23-18-21(2)20-28(24,25-15-16-27(31)30-26(25)19-23)29-17-11-6-4-5-8-12-22-13-9-7-10-14-22/h3-18,23H,19-20H2,1-2H3,(H,30,31)/b5-4+,11-6+,12-8+,24-3+,29-17+. The molecule has 0 amide bonds. The molecule has 1 aromatic carbocycles. The molecule has 1 heterocycles. The van der Waals surface area contributed by atoms with Crippen LogP contribution in [0, 0.1) is 5.92 Å². The number of nitrogens with one attached hydrogen (secondary N) is 1. The van der Waals surface area contributed by atoms with Crippen LogP contribution in [-0.2, 0) is 12.0 Å². The molecule has 2 atom stereocenters. The highest BCUT2D eigenvalue weighted by Gasteiger charge is 2.46. The van der Waals surface area contributed by atoms with Crippen molar-refractivity contribution in [3.05, 3.63) is 123 Å². The maximum absolute atomic E-state index is 11.9. The summed E-state index contributed by atoms with van der Waals surface area (Å²) >= 11 is 0. The van der Waals surface area contributed by atoms with Gasteiger partial charge in [-0.3, -0.25) is 9.79 Å². The van der Waals surface area contributed by atoms with Crippen LogP contribution in [0.25, 0.3) is 6.08 Å². The predicted molar refractivity (Wildman–Crippen MR) is 130 cm³/mol. The second-order valence-corrected chi connectivity index (χ2v) is 8.14. The van der Waals surface area contributed by atoms with Gasteiger partial charge in [-0.2, -0.15) is 0 Å². The largest absolute Gasteiger partial charge is 0.326 e. The van der Waals surface area contributed by atoms with Gasteiger partial charge in [-0.15, -0.1) is 0 Å². The van der Waals surface area contributed by atoms with E-state index >= 15 is 0 Å². The Kier molecular flexibility index (Phi) is 6.13. The van der Waals surface area contributed by atoms with E-state index in [1.165, 1.54) is 16.7 Å². The molecule has 2 aromatic rings. The molecule has 2 unspecified atom stereocenters. The third-order valence-corrected chi connectivity index (χ3v) is 5.99. The molecule has 0 saturated heterocycles. The van der Waals surface area contributed by atoms with Crippen molar-refractivity contribution in [3.8, 4) is 0 Å². The number of aromatic nitrogens is 1. The molecule has 4 rings (SSSR count). The van der Waals surface area contributed by atoms with Gasteiger partial charge in [0.05, 0.1) is 0 Å². The van der Waals surface area contributed by atoms with Crippen LogP contribution >= 0.6 is 0 Å². The minimum Gasteiger partial charge on any atom is -0.326 e. The fourth-order valence-electron chi connectivity index (χ4n) is 4.80. The first-order chi connectivity index (χ1) is 15.1. The molecular weight excluding hydrogens is 380 g/mol. The van der Waals surface area contributed by atoms with Crippen molar-refractivity contribution in [2.45, 2.75) is 32.2 Å². The van der Waals surface area contributed by atoms with Crippen molar-refractivity contribution in [2.24, 2.45) is 10.9 Å². The lowest BCUT2D eigenvalue weighted by molar-refractivity contribution is 0.413. The summed E-state index contributed by atoms with van der Waals surface area (Å²) in [5, 5.41) is 0. The van der Waals surface area contributed by atoms with E-state index in [9.17, 15) is 4.79 Å². The van der Waals surface area contributed by atoms with Crippen molar-refractivity contribution < 1.29 is 0 Å². The average Bonchev–Trinajstić information content (AvgIpc) is 2.75. The van der Waals surface area contributed by atoms with Crippen molar-refractivity contribution in [3.63, 3.8) is 0 Å². The number of aliphatic imine (C=N–C) groups is 1. The summed E-state index contributed by atoms with van der Waals surface area (Å²) in [6.45, 7) is 4.27. The molecule has 2 bridgehead atoms. The van der Waals surface area contributed by atoms with Gasteiger partial charge >= 0.3 is 0 Å². The fourth-order valence-corrected chi connectivity index (χ4v) is 4.80. The summed E-state index contributed by atoms with van der Waals surface area (Å²) in [4.78, 5) is 20.0. The summed E-state index contributed by atoms with van der Waals surface area (Å²) in [6.07, 6.45) is 20.2. The van der Waals surface area contributed by atoms with Crippen molar-refractivity contribution in [1.82, 2.24) is 4.98 Å². The number of fused-ring (bicyclic) bond motifs is 4. The smallest absolute Gasteiger partial charge is 0.248 e. The molecule has 0 aliphatic heterocycles. The molecule has 2 aliphatic rings. The van der Waals surface area contributed by atoms with E-state index in [2.05, 4.69) is 49.2 Å². The molecule has 3 heteroatoms. The number of nitrogens with zero attached hydrogens (tertiary/aromatic N) is 1. The van der Waals surface area contributed by atoms with Crippen molar-refractivity contribution >= 4 is 12.3 Å². The van der Waals surface area contributed by atoms with E-state index in [1.54, 1.807) is 6.07 Å². The molecule has 1 aromatic heterocycles. The van der Waals surface area contributed by atoms with Crippen LogP contribution < -0.4 is 5.56 Å². The third kappa shape index (κ3) is 4.36. The van der Waals surface area contributed by atoms with E-state index < -0.39 is 5.54 Å². The van der Waals surface area contributed by atoms with Gasteiger partial charge < -0.3 is 4.98 Å². The highest BCUT2D eigenvalue weighted by molar-refractivity contribution is 5.73. The normalized spacial score (nSPS) is 24.5. The fraction of sp³-hybridized carbons (Fsp3) is 0.214. The molecule has 0 radical (unpaired) electrons. The topological polar surface area (TPSA) is 45.2 Å². The number of benzene rings is 1. The molecule has 156 valence electrons. The first kappa shape index (κ1) is 20.8. The van der Waals surface area contributed by atoms with Gasteiger partial charge in [0, 0.05) is 35.9 Å². The van der Waals surface area contributed by atoms with Gasteiger partial charge in [0.15, 0.2) is 0 Å². The minimum atomic E-state index is -0.433. The van der Waals surface area contributed by atoms with Crippen LogP contribution in [0.1, 0.15) is 37.1 Å². The van der Waals surface area contributed by atoms with Gasteiger partial charge in [-0.05, 0) is 43.5 Å². The lowest BCUT2D eigenvalue weighted by Gasteiger charge is -2.45. The monoisotopic (exact) mass is 408 g/mol. The summed E-state index contributed by atoms with van der Waals surface area (Å²) < 4.78 is 0. The van der Waals surface area contributed by atoms with Crippen LogP contribution in [0.3, 0.4) is 0 Å². The quantitative estimate of drug-likeness (QED) is 0.372. The molecule has 0 spiro atoms. The Morgan fingerprint density at radius 1 is 1.03 bits per heavy atom. The van der Waals surface area contributed by atoms with Crippen LogP contribution in [-0.4, -0.2) is 11.2 Å². The van der Waals surface area contributed by atoms with Crippen LogP contribution in [0.15, 0.2) is 106 Å². The Labute approximate surface area is 184 Å². The molecular formula is C28H28N2O. The molecule has 3 nitrogen and oxygen atoms in total. The second kappa shape index (κ2) is 9.13. The van der Waals surface area contributed by atoms with Gasteiger partial charge in [0.2, 0.25) is 5.56 Å². The minimum absolute atomic E-state index is 0.0471. The van der Waals surface area contributed by atoms with Gasteiger partial charge in [-0.1, -0.05) is 78.4 Å². The van der Waals surface area contributed by atoms with E-state index in [0.717, 1.165) is 24.1 Å². The van der Waals surface area contributed by atoms with Crippen LogP contribution in [0.5, 0.6) is 0 Å². The molecule has 0 fully saturated rings. The highest BCUT2D eigenvalue weighted by Crippen LogP contribution is 2.51. The third-order valence-electron chi connectivity index (χ3n) is 5.99. The zero-order valence-corrected chi connectivity index (χ0v) is 18.1. The number of hydrogen-bond donors (Lipinski definition) is 1. The summed E-state index contributed by atoms with van der Waals surface area (Å²) in [6, 6.07) is 13.8. The number of hydrogen-bond acceptors (Lipinski definition) is 2. The lowest BCUT2D eigenvalue weighted by Crippen LogP contribution is -2.40. The van der Waals surface area contributed by atoms with Gasteiger partial charge in [-0.25, -0.2) is 0 Å². The van der Waals surface area contributed by atoms with Gasteiger partial charge in [0.25, 0.3) is 0 Å². The number of pyridine rings is 1. The summed E-state index contributed by atoms with van der Waals surface area (Å²) in [7, 11) is 0. The zero-order valence-electron chi connectivity index (χ0n) is 18.1. The van der Waals surface area contributed by atoms with E-state index in [-0.39, 0.29) is 11.5 Å². The molecule has 31 heavy (non-hydrogen) atoms. The Morgan fingerprint density at radius 2 is 1.81 bits per heavy atom. The first-order valence-corrected chi connectivity index (χ1v) is 10.8. The molecule has 1 N–H and O–H groups in total. The maximum Gasteiger partial charge on any atom is 0.248 e. The van der Waals surface area contributed by atoms with Crippen molar-refractivity contribution in [2.75, 3.05) is 0 Å². The summed E-state index contributed by atoms with van der Waals surface area (Å²) in [5.41, 5.74) is 5.50. The van der Waals surface area contributed by atoms with E-state index in [4.69, 9.17) is 4.99 Å². The van der Waals surface area contributed by atoms with Crippen LogP contribution in [0.4, 0.5) is 0 Å². The van der Waals surface area contributed by atoms with Gasteiger partial charge in [0.1, 0.15) is 5.54 Å². The van der Waals surface area contributed by atoms with Crippen molar-refractivity contribution in [1.29, 1.82) is 0 Å². The Bertz CT molecular complexity index is 1170. The Morgan fingerprint density at radius 3 is 2.61 bits per heavy atom. The average molecular weight is 409 g/mol. The molecule has 0 saturated carbocycles. The zero-order chi connectivity index (χ0) is 21.7. The SMILES string of the molecule is C/C=C1\C2C=C(C)CC1(/N=C/C=C/C=C/C=C/c1ccccc1)c1ccc(=O)[nH]c1C2. The number of rotatable bonds is 5. The Hall–Kier alpha value is -3.46. The number of H-pyrrole nitrogens is 1. The Balaban J connectivity index is 1.56. The summed E-state index contributed by atoms with van der Waals surface area (Å²) in [5.74, 6) is 0.286. The lowest BCUT2D eigenvalue weighted by atomic mass is 9.63. The maximum atomic E-state index is 11.9.